The number of phenols is 1. The fourth-order valence-electron chi connectivity index (χ4n) is 5.61. The first-order valence-electron chi connectivity index (χ1n) is 19.2. The number of aromatic hydroxyl groups is 1. The Morgan fingerprint density at radius 3 is 1.20 bits per heavy atom. The number of halogens is 4. The normalized spacial score (nSPS) is 11.7. The van der Waals surface area contributed by atoms with Gasteiger partial charge in [0.2, 0.25) is 0 Å². The van der Waals surface area contributed by atoms with Gasteiger partial charge in [-0.25, -0.2) is 0 Å². The van der Waals surface area contributed by atoms with Crippen LogP contribution in [0.2, 0.25) is 0 Å². The fourth-order valence-corrected chi connectivity index (χ4v) is 6.30. The molecule has 0 atom stereocenters. The Morgan fingerprint density at radius 2 is 0.900 bits per heavy atom. The van der Waals surface area contributed by atoms with Crippen molar-refractivity contribution < 1.29 is 39.8 Å². The molecule has 0 radical (unpaired) electrons. The molecule has 0 aliphatic heterocycles. The molecule has 12 heteroatoms. The van der Waals surface area contributed by atoms with E-state index in [-0.39, 0.29) is 10.6 Å². The third kappa shape index (κ3) is 26.0. The van der Waals surface area contributed by atoms with Crippen molar-refractivity contribution in [1.29, 1.82) is 0 Å². The minimum absolute atomic E-state index is 0.0157. The van der Waals surface area contributed by atoms with Crippen LogP contribution in [0.25, 0.3) is 10.8 Å². The highest BCUT2D eigenvalue weighted by atomic mass is 32.2. The molecule has 0 aliphatic carbocycles. The van der Waals surface area contributed by atoms with E-state index in [4.69, 9.17) is 4.55 Å². The average molecular weight is 739 g/mol. The summed E-state index contributed by atoms with van der Waals surface area (Å²) in [6, 6.07) is 8.84. The maximum Gasteiger partial charge on any atom is 0.673 e. The molecule has 0 saturated carbocycles. The Balaban J connectivity index is 0. The van der Waals surface area contributed by atoms with Crippen molar-refractivity contribution in [2.75, 3.05) is 45.8 Å². The number of hydrogen-bond acceptors (Lipinski definition) is 4. The number of fused-ring (bicyclic) bond motifs is 1. The molecule has 0 fully saturated rings. The van der Waals surface area contributed by atoms with Crippen LogP contribution in [0, 0.1) is 0 Å². The van der Waals surface area contributed by atoms with E-state index in [1.807, 2.05) is 0 Å². The van der Waals surface area contributed by atoms with Gasteiger partial charge in [-0.2, -0.15) is 8.42 Å². The molecule has 0 heterocycles. The standard InChI is InChI=1S/C16H36N.C12H27N.C10H8O4S.BF4/c1-5-9-13-17(14-10-6-2,15-11-7-3)16-12-8-4;1-4-7-10-13(11-8-5-2)12-9-6-3;11-9-5-6-10(15(12,13)14)8-4-2-1-3-7(8)9;2-1(3,4)5/h5-16H2,1-4H3;4-12H2,1-3H3;1-6,11H,(H,12,13,14);/q+1;;;-1. The van der Waals surface area contributed by atoms with Gasteiger partial charge in [-0.05, 0) is 76.7 Å². The number of phenolic OH excluding ortho intramolecular Hbond substituents is 1. The van der Waals surface area contributed by atoms with Crippen molar-refractivity contribution in [3.63, 3.8) is 0 Å². The first kappa shape index (κ1) is 50.2. The zero-order chi connectivity index (χ0) is 38.5. The molecule has 0 spiro atoms. The van der Waals surface area contributed by atoms with E-state index in [9.17, 15) is 30.8 Å². The molecule has 0 unspecified atom stereocenters. The minimum Gasteiger partial charge on any atom is -0.507 e. The summed E-state index contributed by atoms with van der Waals surface area (Å²) in [6.45, 7) is 25.8. The molecule has 0 amide bonds. The van der Waals surface area contributed by atoms with E-state index in [1.165, 1.54) is 158 Å². The van der Waals surface area contributed by atoms with Crippen LogP contribution in [-0.2, 0) is 10.1 Å². The summed E-state index contributed by atoms with van der Waals surface area (Å²) < 4.78 is 71.5. The number of hydrogen-bond donors (Lipinski definition) is 2. The molecule has 2 aromatic carbocycles. The van der Waals surface area contributed by atoms with Crippen LogP contribution in [0.3, 0.4) is 0 Å². The van der Waals surface area contributed by atoms with Crippen LogP contribution < -0.4 is 0 Å². The minimum atomic E-state index is -6.00. The van der Waals surface area contributed by atoms with Gasteiger partial charge in [0.1, 0.15) is 10.6 Å². The predicted molar refractivity (Wildman–Crippen MR) is 206 cm³/mol. The molecule has 6 nitrogen and oxygen atoms in total. The van der Waals surface area contributed by atoms with Crippen LogP contribution in [0.15, 0.2) is 41.3 Å². The number of nitrogens with zero attached hydrogens (tertiary/aromatic N) is 2. The molecule has 2 aromatic rings. The molecule has 50 heavy (non-hydrogen) atoms. The lowest BCUT2D eigenvalue weighted by molar-refractivity contribution is -0.929. The van der Waals surface area contributed by atoms with Crippen molar-refractivity contribution >= 4 is 28.1 Å². The van der Waals surface area contributed by atoms with Crippen LogP contribution in [0.1, 0.15) is 138 Å². The largest absolute Gasteiger partial charge is 0.673 e. The third-order valence-electron chi connectivity index (χ3n) is 8.57. The molecule has 0 aliphatic rings. The SMILES string of the molecule is CCCCN(CCCC)CCCC.CCCC[N+](CCCC)(CCCC)CCCC.F[B-](F)(F)F.O=S(=O)(O)c1ccc(O)c2ccccc12. The van der Waals surface area contributed by atoms with Gasteiger partial charge in [-0.1, -0.05) is 118 Å². The molecule has 2 N–H and O–H groups in total. The predicted octanol–water partition coefficient (Wildman–Crippen LogP) is 11.8. The average Bonchev–Trinajstić information content (AvgIpc) is 3.07. The number of benzene rings is 2. The van der Waals surface area contributed by atoms with Crippen LogP contribution in [0.4, 0.5) is 17.3 Å². The van der Waals surface area contributed by atoms with Crippen molar-refractivity contribution in [1.82, 2.24) is 4.90 Å². The third-order valence-corrected chi connectivity index (χ3v) is 9.48. The van der Waals surface area contributed by atoms with Gasteiger partial charge >= 0.3 is 7.25 Å². The monoisotopic (exact) mass is 739 g/mol. The Hall–Kier alpha value is -1.89. The van der Waals surface area contributed by atoms with E-state index in [2.05, 4.69) is 53.4 Å². The lowest BCUT2D eigenvalue weighted by Crippen LogP contribution is -2.50. The molecule has 0 saturated heterocycles. The summed E-state index contributed by atoms with van der Waals surface area (Å²) in [5.41, 5.74) is 0. The summed E-state index contributed by atoms with van der Waals surface area (Å²) in [7, 11) is -10.3. The number of unbranched alkanes of at least 4 members (excludes halogenated alkanes) is 7. The second-order valence-electron chi connectivity index (χ2n) is 13.2. The van der Waals surface area contributed by atoms with Crippen molar-refractivity contribution in [3.8, 4) is 5.75 Å². The van der Waals surface area contributed by atoms with Crippen LogP contribution in [-0.4, -0.2) is 80.5 Å². The van der Waals surface area contributed by atoms with Crippen molar-refractivity contribution in [2.24, 2.45) is 0 Å². The van der Waals surface area contributed by atoms with Crippen molar-refractivity contribution in [2.45, 2.75) is 143 Å². The Kier molecular flexibility index (Phi) is 29.8. The highest BCUT2D eigenvalue weighted by Crippen LogP contribution is 2.29. The zero-order valence-corrected chi connectivity index (χ0v) is 33.2. The van der Waals surface area contributed by atoms with E-state index >= 15 is 0 Å². The summed E-state index contributed by atoms with van der Waals surface area (Å²) in [4.78, 5) is 2.44. The molecule has 294 valence electrons. The number of quaternary nitrogens is 1. The summed E-state index contributed by atoms with van der Waals surface area (Å²) >= 11 is 0. The van der Waals surface area contributed by atoms with Gasteiger partial charge in [-0.15, -0.1) is 0 Å². The Labute approximate surface area is 303 Å². The second kappa shape index (κ2) is 29.7. The molecule has 2 rings (SSSR count). The lowest BCUT2D eigenvalue weighted by Gasteiger charge is -2.39. The molecular formula is C38H71BF4N2O4S. The van der Waals surface area contributed by atoms with E-state index in [1.54, 1.807) is 18.2 Å². The molecule has 0 bridgehead atoms. The van der Waals surface area contributed by atoms with E-state index < -0.39 is 17.4 Å². The smallest absolute Gasteiger partial charge is 0.507 e. The first-order valence-corrected chi connectivity index (χ1v) is 20.7. The van der Waals surface area contributed by atoms with Crippen LogP contribution >= 0.6 is 0 Å². The molecule has 0 aromatic heterocycles. The summed E-state index contributed by atoms with van der Waals surface area (Å²) in [6.07, 6.45) is 19.2. The van der Waals surface area contributed by atoms with Gasteiger partial charge in [0.25, 0.3) is 10.1 Å². The molecular weight excluding hydrogens is 667 g/mol. The maximum atomic E-state index is 11.0. The van der Waals surface area contributed by atoms with E-state index in [0.29, 0.717) is 10.8 Å². The van der Waals surface area contributed by atoms with Gasteiger partial charge < -0.3 is 31.8 Å². The Morgan fingerprint density at radius 1 is 0.580 bits per heavy atom. The van der Waals surface area contributed by atoms with Gasteiger partial charge in [-0.3, -0.25) is 4.55 Å². The maximum absolute atomic E-state index is 11.0. The number of rotatable bonds is 22. The highest BCUT2D eigenvalue weighted by Gasteiger charge is 2.24. The Bertz CT molecular complexity index is 1140. The topological polar surface area (TPSA) is 77.8 Å². The van der Waals surface area contributed by atoms with E-state index in [0.717, 1.165) is 0 Å². The second-order valence-corrected chi connectivity index (χ2v) is 14.5. The van der Waals surface area contributed by atoms with Crippen LogP contribution in [0.5, 0.6) is 5.75 Å². The zero-order valence-electron chi connectivity index (χ0n) is 32.4. The highest BCUT2D eigenvalue weighted by molar-refractivity contribution is 7.86. The lowest BCUT2D eigenvalue weighted by atomic mass is 10.1. The quantitative estimate of drug-likeness (QED) is 0.0544. The van der Waals surface area contributed by atoms with Gasteiger partial charge in [0, 0.05) is 10.8 Å². The summed E-state index contributed by atoms with van der Waals surface area (Å²) in [5, 5.41) is 10.2. The summed E-state index contributed by atoms with van der Waals surface area (Å²) in [5.74, 6) is -0.0157. The van der Waals surface area contributed by atoms with Gasteiger partial charge in [0.05, 0.1) is 26.2 Å². The first-order chi connectivity index (χ1) is 23.6. The fraction of sp³-hybridized carbons (Fsp3) is 0.737. The van der Waals surface area contributed by atoms with Crippen molar-refractivity contribution in [3.05, 3.63) is 36.4 Å². The van der Waals surface area contributed by atoms with Gasteiger partial charge in [0.15, 0.2) is 0 Å².